The van der Waals surface area contributed by atoms with Crippen LogP contribution in [-0.4, -0.2) is 21.7 Å². The van der Waals surface area contributed by atoms with Gasteiger partial charge in [-0.05, 0) is 25.1 Å². The molecule has 1 heterocycles. The average Bonchev–Trinajstić information content (AvgIpc) is 2.97. The number of nitrogens with one attached hydrogen (secondary N) is 1. The number of esters is 1. The van der Waals surface area contributed by atoms with Gasteiger partial charge in [0, 0.05) is 18.3 Å². The van der Waals surface area contributed by atoms with Gasteiger partial charge in [-0.15, -0.1) is 0 Å². The van der Waals surface area contributed by atoms with E-state index >= 15 is 0 Å². The Hall–Kier alpha value is -3.33. The summed E-state index contributed by atoms with van der Waals surface area (Å²) in [5, 5.41) is 6.44. The van der Waals surface area contributed by atoms with Crippen molar-refractivity contribution >= 4 is 29.2 Å². The fourth-order valence-corrected chi connectivity index (χ4v) is 3.16. The molecule has 6 nitrogen and oxygen atoms in total. The molecule has 0 spiro atoms. The van der Waals surface area contributed by atoms with Crippen LogP contribution in [-0.2, 0) is 22.8 Å². The fraction of sp³-hybridized carbons (Fsp3) is 0.190. The minimum absolute atomic E-state index is 0.00281. The smallest absolute Gasteiger partial charge is 0.416 e. The van der Waals surface area contributed by atoms with E-state index in [4.69, 9.17) is 16.3 Å². The molecule has 162 valence electrons. The Labute approximate surface area is 180 Å². The number of amides is 1. The minimum Gasteiger partial charge on any atom is -0.444 e. The van der Waals surface area contributed by atoms with Gasteiger partial charge < -0.3 is 10.1 Å². The van der Waals surface area contributed by atoms with Crippen LogP contribution in [0.15, 0.2) is 54.6 Å². The van der Waals surface area contributed by atoms with E-state index in [1.165, 1.54) is 16.8 Å². The molecule has 0 aliphatic heterocycles. The molecular weight excluding hydrogens is 435 g/mol. The molecule has 1 N–H and O–H groups in total. The highest BCUT2D eigenvalue weighted by atomic mass is 35.5. The van der Waals surface area contributed by atoms with Crippen LogP contribution >= 0.6 is 11.6 Å². The van der Waals surface area contributed by atoms with Crippen LogP contribution in [0.2, 0.25) is 5.15 Å². The van der Waals surface area contributed by atoms with Crippen molar-refractivity contribution in [3.8, 4) is 0 Å². The number of aromatic nitrogens is 2. The lowest BCUT2D eigenvalue weighted by atomic mass is 10.1. The van der Waals surface area contributed by atoms with Gasteiger partial charge in [-0.2, -0.15) is 18.3 Å². The van der Waals surface area contributed by atoms with Crippen molar-refractivity contribution in [2.24, 2.45) is 7.05 Å². The third-order valence-electron chi connectivity index (χ3n) is 4.38. The van der Waals surface area contributed by atoms with Crippen LogP contribution in [0.4, 0.5) is 18.9 Å². The van der Waals surface area contributed by atoms with Crippen LogP contribution in [0, 0.1) is 6.92 Å². The Morgan fingerprint density at radius 1 is 1.13 bits per heavy atom. The zero-order chi connectivity index (χ0) is 22.8. The number of anilines is 1. The summed E-state index contributed by atoms with van der Waals surface area (Å²) < 4.78 is 45.6. The number of hydrogen-bond acceptors (Lipinski definition) is 4. The monoisotopic (exact) mass is 451 g/mol. The molecule has 0 aliphatic carbocycles. The lowest BCUT2D eigenvalue weighted by Crippen LogP contribution is -2.26. The van der Waals surface area contributed by atoms with Gasteiger partial charge in [0.05, 0.1) is 11.3 Å². The molecule has 0 bridgehead atoms. The third-order valence-corrected chi connectivity index (χ3v) is 4.81. The molecule has 31 heavy (non-hydrogen) atoms. The Morgan fingerprint density at radius 2 is 1.81 bits per heavy atom. The number of halogens is 4. The third kappa shape index (κ3) is 5.05. The summed E-state index contributed by atoms with van der Waals surface area (Å²) in [7, 11) is 1.54. The molecule has 3 rings (SSSR count). The molecule has 0 radical (unpaired) electrons. The van der Waals surface area contributed by atoms with Crippen molar-refractivity contribution in [3.05, 3.63) is 82.1 Å². The summed E-state index contributed by atoms with van der Waals surface area (Å²) in [6.45, 7) is 1.56. The van der Waals surface area contributed by atoms with Crippen LogP contribution in [0.25, 0.3) is 0 Å². The molecule has 1 atom stereocenters. The van der Waals surface area contributed by atoms with Crippen molar-refractivity contribution in [3.63, 3.8) is 0 Å². The SMILES string of the molecule is Cc1nn(C)c(Cl)c1C(=O)OC(C(=O)Nc1cccc(C(F)(F)F)c1)c1ccccc1. The highest BCUT2D eigenvalue weighted by molar-refractivity contribution is 6.32. The summed E-state index contributed by atoms with van der Waals surface area (Å²) in [5.41, 5.74) is -0.374. The predicted molar refractivity (Wildman–Crippen MR) is 108 cm³/mol. The fourth-order valence-electron chi connectivity index (χ4n) is 2.91. The molecule has 10 heteroatoms. The number of nitrogens with zero attached hydrogens (tertiary/aromatic N) is 2. The Morgan fingerprint density at radius 3 is 2.39 bits per heavy atom. The van der Waals surface area contributed by atoms with Gasteiger partial charge in [0.15, 0.2) is 0 Å². The molecule has 1 amide bonds. The molecular formula is C21H17ClF3N3O3. The standard InChI is InChI=1S/C21H17ClF3N3O3/c1-12-16(18(22)28(2)27-12)20(30)31-17(13-7-4-3-5-8-13)19(29)26-15-10-6-9-14(11-15)21(23,24)25/h3-11,17H,1-2H3,(H,26,29). The summed E-state index contributed by atoms with van der Waals surface area (Å²) in [4.78, 5) is 25.6. The van der Waals surface area contributed by atoms with Gasteiger partial charge in [0.25, 0.3) is 5.91 Å². The maximum atomic E-state index is 13.0. The lowest BCUT2D eigenvalue weighted by molar-refractivity contribution is -0.137. The highest BCUT2D eigenvalue weighted by Crippen LogP contribution is 2.31. The maximum absolute atomic E-state index is 13.0. The second kappa shape index (κ2) is 8.81. The number of alkyl halides is 3. The van der Waals surface area contributed by atoms with Crippen LogP contribution in [0.1, 0.15) is 33.3 Å². The molecule has 0 fully saturated rings. The minimum atomic E-state index is -4.57. The normalized spacial score (nSPS) is 12.3. The number of carbonyl (C=O) groups excluding carboxylic acids is 2. The summed E-state index contributed by atoms with van der Waals surface area (Å²) in [6, 6.07) is 12.2. The molecule has 1 aromatic heterocycles. The molecule has 3 aromatic rings. The first-order valence-corrected chi connectivity index (χ1v) is 9.39. The van der Waals surface area contributed by atoms with Gasteiger partial charge in [-0.3, -0.25) is 9.48 Å². The number of benzene rings is 2. The first-order chi connectivity index (χ1) is 14.6. The average molecular weight is 452 g/mol. The van der Waals surface area contributed by atoms with E-state index in [0.29, 0.717) is 11.3 Å². The number of aryl methyl sites for hydroxylation is 2. The molecule has 0 aliphatic rings. The lowest BCUT2D eigenvalue weighted by Gasteiger charge is -2.18. The van der Waals surface area contributed by atoms with E-state index in [0.717, 1.165) is 12.1 Å². The van der Waals surface area contributed by atoms with Gasteiger partial charge >= 0.3 is 12.1 Å². The Balaban J connectivity index is 1.89. The van der Waals surface area contributed by atoms with Crippen LogP contribution < -0.4 is 5.32 Å². The van der Waals surface area contributed by atoms with Crippen LogP contribution in [0.3, 0.4) is 0 Å². The number of ether oxygens (including phenoxy) is 1. The van der Waals surface area contributed by atoms with Gasteiger partial charge in [-0.1, -0.05) is 48.0 Å². The second-order valence-electron chi connectivity index (χ2n) is 6.64. The molecule has 1 unspecified atom stereocenters. The predicted octanol–water partition coefficient (Wildman–Crippen LogP) is 4.94. The molecule has 0 saturated heterocycles. The quantitative estimate of drug-likeness (QED) is 0.558. The summed E-state index contributed by atoms with van der Waals surface area (Å²) >= 11 is 6.10. The maximum Gasteiger partial charge on any atom is 0.416 e. The first-order valence-electron chi connectivity index (χ1n) is 9.01. The second-order valence-corrected chi connectivity index (χ2v) is 7.00. The van der Waals surface area contributed by atoms with Gasteiger partial charge in [0.1, 0.15) is 10.7 Å². The van der Waals surface area contributed by atoms with Crippen molar-refractivity contribution < 1.29 is 27.5 Å². The highest BCUT2D eigenvalue weighted by Gasteiger charge is 2.32. The topological polar surface area (TPSA) is 73.2 Å². The number of rotatable bonds is 5. The molecule has 2 aromatic carbocycles. The number of carbonyl (C=O) groups is 2. The Bertz CT molecular complexity index is 1110. The van der Waals surface area contributed by atoms with E-state index in [2.05, 4.69) is 10.4 Å². The van der Waals surface area contributed by atoms with E-state index in [1.807, 2.05) is 0 Å². The summed E-state index contributed by atoms with van der Waals surface area (Å²) in [6.07, 6.45) is -6.00. The van der Waals surface area contributed by atoms with E-state index < -0.39 is 29.7 Å². The van der Waals surface area contributed by atoms with E-state index in [1.54, 1.807) is 44.3 Å². The van der Waals surface area contributed by atoms with E-state index in [9.17, 15) is 22.8 Å². The van der Waals surface area contributed by atoms with Crippen molar-refractivity contribution in [1.29, 1.82) is 0 Å². The molecule has 0 saturated carbocycles. The zero-order valence-electron chi connectivity index (χ0n) is 16.4. The van der Waals surface area contributed by atoms with Crippen molar-refractivity contribution in [2.75, 3.05) is 5.32 Å². The largest absolute Gasteiger partial charge is 0.444 e. The zero-order valence-corrected chi connectivity index (χ0v) is 17.2. The Kier molecular flexibility index (Phi) is 6.35. The van der Waals surface area contributed by atoms with Gasteiger partial charge in [0.2, 0.25) is 6.10 Å². The van der Waals surface area contributed by atoms with Gasteiger partial charge in [-0.25, -0.2) is 4.79 Å². The number of hydrogen-bond donors (Lipinski definition) is 1. The van der Waals surface area contributed by atoms with Crippen molar-refractivity contribution in [1.82, 2.24) is 9.78 Å². The van der Waals surface area contributed by atoms with E-state index in [-0.39, 0.29) is 16.4 Å². The summed E-state index contributed by atoms with van der Waals surface area (Å²) in [5.74, 6) is -1.71. The van der Waals surface area contributed by atoms with Crippen LogP contribution in [0.5, 0.6) is 0 Å². The van der Waals surface area contributed by atoms with Crippen molar-refractivity contribution in [2.45, 2.75) is 19.2 Å². The first kappa shape index (κ1) is 22.4.